The van der Waals surface area contributed by atoms with Crippen molar-refractivity contribution in [3.05, 3.63) is 102 Å². The number of carbonyl (C=O) groups excluding carboxylic acids is 3. The molecule has 14 heteroatoms. The zero-order chi connectivity index (χ0) is 39.7. The first-order valence-electron chi connectivity index (χ1n) is 17.7. The first-order chi connectivity index (χ1) is 25.7. The van der Waals surface area contributed by atoms with Gasteiger partial charge >= 0.3 is 12.0 Å². The molecule has 0 saturated carbocycles. The van der Waals surface area contributed by atoms with E-state index in [1.807, 2.05) is 30.3 Å². The first-order valence-corrected chi connectivity index (χ1v) is 17.7. The van der Waals surface area contributed by atoms with E-state index < -0.39 is 60.1 Å². The van der Waals surface area contributed by atoms with Crippen LogP contribution in [-0.4, -0.2) is 91.5 Å². The molecule has 0 unspecified atom stereocenters. The van der Waals surface area contributed by atoms with Crippen molar-refractivity contribution in [3.8, 4) is 5.75 Å². The van der Waals surface area contributed by atoms with Gasteiger partial charge in [-0.1, -0.05) is 100 Å². The number of Topliss-reactive ketones (excluding diaryl/α,β-unsaturated/α-hetero) is 1. The topological polar surface area (TPSA) is 153 Å². The SMILES string of the molecule is COCCOCOC[C@H](NC(=O)C(F)(F)C(=O)[C@H](Cc1ccc(OCc2ccccc2)cc1)NC(=O)[C@H](C(C)C)N(Cc1ccccc1)C(=O)O)C(C)C. The summed E-state index contributed by atoms with van der Waals surface area (Å²) >= 11 is 0. The Balaban J connectivity index is 1.86. The summed E-state index contributed by atoms with van der Waals surface area (Å²) in [6, 6.07) is 20.1. The predicted molar refractivity (Wildman–Crippen MR) is 197 cm³/mol. The maximum Gasteiger partial charge on any atom is 0.408 e. The van der Waals surface area contributed by atoms with Crippen LogP contribution in [-0.2, 0) is 48.2 Å². The lowest BCUT2D eigenvalue weighted by Gasteiger charge is -2.33. The summed E-state index contributed by atoms with van der Waals surface area (Å²) in [5.74, 6) is -9.81. The third-order valence-corrected chi connectivity index (χ3v) is 8.53. The number of hydrogen-bond donors (Lipinski definition) is 3. The molecule has 0 heterocycles. The Hall–Kier alpha value is -4.92. The summed E-state index contributed by atoms with van der Waals surface area (Å²) in [4.78, 5) is 54.1. The smallest absolute Gasteiger partial charge is 0.408 e. The molecule has 3 aromatic carbocycles. The second kappa shape index (κ2) is 21.7. The van der Waals surface area contributed by atoms with Gasteiger partial charge in [-0.15, -0.1) is 0 Å². The molecule has 3 N–H and O–H groups in total. The highest BCUT2D eigenvalue weighted by molar-refractivity contribution is 6.10. The lowest BCUT2D eigenvalue weighted by Crippen LogP contribution is -2.60. The maximum atomic E-state index is 15.9. The molecule has 3 atom stereocenters. The Bertz CT molecular complexity index is 1610. The van der Waals surface area contributed by atoms with E-state index in [1.165, 1.54) is 7.11 Å². The minimum Gasteiger partial charge on any atom is -0.489 e. The molecule has 0 bridgehead atoms. The fourth-order valence-corrected chi connectivity index (χ4v) is 5.46. The summed E-state index contributed by atoms with van der Waals surface area (Å²) in [6.07, 6.45) is -1.85. The van der Waals surface area contributed by atoms with Gasteiger partial charge in [-0.2, -0.15) is 8.78 Å². The number of amides is 3. The van der Waals surface area contributed by atoms with Crippen LogP contribution in [0.5, 0.6) is 5.75 Å². The fraction of sp³-hybridized carbons (Fsp3) is 0.450. The summed E-state index contributed by atoms with van der Waals surface area (Å²) in [7, 11) is 1.50. The van der Waals surface area contributed by atoms with E-state index in [9.17, 15) is 24.3 Å². The van der Waals surface area contributed by atoms with Gasteiger partial charge in [-0.25, -0.2) is 4.79 Å². The standard InChI is InChI=1S/C40H51F2N3O9/c1-27(2)34(25-53-26-52-21-20-51-5)44-38(48)40(41,42)36(46)33(22-29-16-18-32(19-17-29)54-24-31-14-10-7-11-15-31)43-37(47)35(28(3)4)45(39(49)50)23-30-12-8-6-9-13-30/h6-19,27-28,33-35H,20-26H2,1-5H3,(H,43,47)(H,44,48)(H,49,50)/t33-,34-,35-/m0/s1. The van der Waals surface area contributed by atoms with E-state index in [-0.39, 0.29) is 39.1 Å². The monoisotopic (exact) mass is 755 g/mol. The minimum absolute atomic E-state index is 0.170. The molecule has 3 aromatic rings. The van der Waals surface area contributed by atoms with Crippen LogP contribution >= 0.6 is 0 Å². The molecule has 0 aliphatic heterocycles. The number of hydrogen-bond acceptors (Lipinski definition) is 8. The third kappa shape index (κ3) is 13.5. The number of carboxylic acid groups (broad SMARTS) is 1. The molecule has 0 fully saturated rings. The van der Waals surface area contributed by atoms with Crippen molar-refractivity contribution >= 4 is 23.7 Å². The Morgan fingerprint density at radius 3 is 1.94 bits per heavy atom. The van der Waals surface area contributed by atoms with Gasteiger partial charge in [0, 0.05) is 20.1 Å². The number of ketones is 1. The summed E-state index contributed by atoms with van der Waals surface area (Å²) in [5.41, 5.74) is 1.90. The zero-order valence-corrected chi connectivity index (χ0v) is 31.3. The first kappa shape index (κ1) is 43.5. The van der Waals surface area contributed by atoms with Crippen LogP contribution in [0, 0.1) is 11.8 Å². The van der Waals surface area contributed by atoms with Crippen LogP contribution in [0.15, 0.2) is 84.9 Å². The molecule has 54 heavy (non-hydrogen) atoms. The quantitative estimate of drug-likeness (QED) is 0.0649. The molecule has 12 nitrogen and oxygen atoms in total. The highest BCUT2D eigenvalue weighted by Crippen LogP contribution is 2.23. The van der Waals surface area contributed by atoms with Gasteiger partial charge in [0.1, 0.15) is 25.2 Å². The van der Waals surface area contributed by atoms with Crippen molar-refractivity contribution in [3.63, 3.8) is 0 Å². The van der Waals surface area contributed by atoms with E-state index in [1.54, 1.807) is 82.3 Å². The Labute approximate surface area is 315 Å². The van der Waals surface area contributed by atoms with Gasteiger partial charge in [-0.3, -0.25) is 19.3 Å². The van der Waals surface area contributed by atoms with Crippen LogP contribution < -0.4 is 15.4 Å². The lowest BCUT2D eigenvalue weighted by molar-refractivity contribution is -0.161. The highest BCUT2D eigenvalue weighted by Gasteiger charge is 2.51. The molecule has 0 aliphatic rings. The van der Waals surface area contributed by atoms with Crippen molar-refractivity contribution in [1.29, 1.82) is 0 Å². The van der Waals surface area contributed by atoms with Gasteiger partial charge < -0.3 is 34.7 Å². The van der Waals surface area contributed by atoms with Crippen molar-refractivity contribution in [2.45, 2.75) is 71.3 Å². The van der Waals surface area contributed by atoms with Crippen LogP contribution in [0.3, 0.4) is 0 Å². The number of rotatable bonds is 23. The van der Waals surface area contributed by atoms with Crippen molar-refractivity contribution in [2.24, 2.45) is 11.8 Å². The highest BCUT2D eigenvalue weighted by atomic mass is 19.3. The summed E-state index contributed by atoms with van der Waals surface area (Å²) in [5, 5.41) is 14.7. The number of methoxy groups -OCH3 is 1. The van der Waals surface area contributed by atoms with Crippen LogP contribution in [0.2, 0.25) is 0 Å². The number of nitrogens with zero attached hydrogens (tertiary/aromatic N) is 1. The van der Waals surface area contributed by atoms with E-state index in [2.05, 4.69) is 10.6 Å². The number of nitrogens with one attached hydrogen (secondary N) is 2. The minimum atomic E-state index is -4.59. The fourth-order valence-electron chi connectivity index (χ4n) is 5.46. The molecular weight excluding hydrogens is 704 g/mol. The normalized spacial score (nSPS) is 13.2. The van der Waals surface area contributed by atoms with Gasteiger partial charge in [0.05, 0.1) is 31.9 Å². The second-order valence-corrected chi connectivity index (χ2v) is 13.4. The largest absolute Gasteiger partial charge is 0.489 e. The Morgan fingerprint density at radius 2 is 1.39 bits per heavy atom. The Morgan fingerprint density at radius 1 is 0.778 bits per heavy atom. The average molecular weight is 756 g/mol. The number of halogens is 2. The molecule has 0 saturated heterocycles. The maximum absolute atomic E-state index is 15.9. The van der Waals surface area contributed by atoms with Crippen molar-refractivity contribution in [2.75, 3.05) is 33.7 Å². The number of ether oxygens (including phenoxy) is 4. The number of benzene rings is 3. The summed E-state index contributed by atoms with van der Waals surface area (Å²) in [6.45, 7) is 6.91. The van der Waals surface area contributed by atoms with Crippen LogP contribution in [0.25, 0.3) is 0 Å². The zero-order valence-electron chi connectivity index (χ0n) is 31.3. The van der Waals surface area contributed by atoms with Gasteiger partial charge in [0.2, 0.25) is 11.7 Å². The number of carbonyl (C=O) groups is 4. The van der Waals surface area contributed by atoms with Gasteiger partial charge in [0.25, 0.3) is 5.91 Å². The summed E-state index contributed by atoms with van der Waals surface area (Å²) < 4.78 is 53.2. The van der Waals surface area contributed by atoms with Crippen LogP contribution in [0.4, 0.5) is 13.6 Å². The molecule has 0 spiro atoms. The van der Waals surface area contributed by atoms with E-state index in [4.69, 9.17) is 18.9 Å². The van der Waals surface area contributed by atoms with E-state index in [0.29, 0.717) is 23.5 Å². The lowest BCUT2D eigenvalue weighted by atomic mass is 9.95. The van der Waals surface area contributed by atoms with Crippen molar-refractivity contribution < 1.29 is 52.0 Å². The molecule has 0 aliphatic carbocycles. The third-order valence-electron chi connectivity index (χ3n) is 8.53. The van der Waals surface area contributed by atoms with E-state index in [0.717, 1.165) is 10.5 Å². The molecular formula is C40H51F2N3O9. The molecule has 294 valence electrons. The van der Waals surface area contributed by atoms with E-state index >= 15 is 8.78 Å². The molecule has 0 aromatic heterocycles. The average Bonchev–Trinajstić information content (AvgIpc) is 3.15. The molecule has 3 rings (SSSR count). The van der Waals surface area contributed by atoms with Crippen LogP contribution in [0.1, 0.15) is 44.4 Å². The van der Waals surface area contributed by atoms with Crippen molar-refractivity contribution in [1.82, 2.24) is 15.5 Å². The Kier molecular flexibility index (Phi) is 17.5. The molecule has 3 amide bonds. The second-order valence-electron chi connectivity index (χ2n) is 13.4. The molecule has 0 radical (unpaired) electrons. The van der Waals surface area contributed by atoms with Gasteiger partial charge in [0.15, 0.2) is 0 Å². The number of alkyl halides is 2. The predicted octanol–water partition coefficient (Wildman–Crippen LogP) is 5.48. The van der Waals surface area contributed by atoms with Gasteiger partial charge in [-0.05, 0) is 40.7 Å².